The van der Waals surface area contributed by atoms with Crippen LogP contribution in [0.1, 0.15) is 49.6 Å². The number of phenols is 1. The van der Waals surface area contributed by atoms with Gasteiger partial charge in [-0.1, -0.05) is 25.6 Å². The maximum atomic E-state index is 14.2. The summed E-state index contributed by atoms with van der Waals surface area (Å²) in [5.41, 5.74) is 2.34. The lowest BCUT2D eigenvalue weighted by atomic mass is 10.0. The van der Waals surface area contributed by atoms with Crippen LogP contribution < -0.4 is 9.47 Å². The van der Waals surface area contributed by atoms with Crippen LogP contribution in [-0.4, -0.2) is 66.0 Å². The van der Waals surface area contributed by atoms with Gasteiger partial charge in [0, 0.05) is 77.9 Å². The summed E-state index contributed by atoms with van der Waals surface area (Å²) in [6, 6.07) is 20.2. The van der Waals surface area contributed by atoms with Gasteiger partial charge in [-0.05, 0) is 120 Å². The Balaban J connectivity index is 0.000000167. The number of nitrogens with zero attached hydrogens (tertiary/aromatic N) is 3. The van der Waals surface area contributed by atoms with Crippen LogP contribution in [-0.2, 0) is 0 Å². The van der Waals surface area contributed by atoms with Crippen LogP contribution in [0, 0.1) is 17.5 Å². The predicted octanol–water partition coefficient (Wildman–Crippen LogP) is 12.3. The van der Waals surface area contributed by atoms with Crippen molar-refractivity contribution >= 4 is 109 Å². The number of hydrogen-bond acceptors (Lipinski definition) is 9. The van der Waals surface area contributed by atoms with E-state index in [4.69, 9.17) is 16.3 Å². The molecule has 0 aliphatic rings. The topological polar surface area (TPSA) is 176 Å². The number of halogens is 7. The van der Waals surface area contributed by atoms with Crippen molar-refractivity contribution < 1.29 is 42.1 Å². The van der Waals surface area contributed by atoms with Gasteiger partial charge in [0.25, 0.3) is 5.24 Å². The standard InChI is InChI=1S/C15H10BrFN2O2.C14H8BrFN2O2.C8H6ClFO2.C7H5BrN2.CH4/c1-21-12-4-2-3-9(13(12)17)14(20)11-7-19-15-10(11)5-8(16)6-18-15;15-7-4-9-10(6-18-14(9)17-5-7)13(20)8-2-1-3-11(19)12(8)16;1-12-6-4-2-3-5(7(6)10)8(9)11;8-6-3-5-1-2-9-7(5)10-4-6;/h2-7H,1H3,(H,18,19);1-6,19H,(H,17,18);2-4H,1H3;1-4H,(H,9,10);1H4. The summed E-state index contributed by atoms with van der Waals surface area (Å²) in [6.45, 7) is 0. The molecule has 0 saturated heterocycles. The van der Waals surface area contributed by atoms with Crippen LogP contribution in [0.15, 0.2) is 129 Å². The highest BCUT2D eigenvalue weighted by Crippen LogP contribution is 2.28. The molecule has 0 saturated carbocycles. The van der Waals surface area contributed by atoms with Gasteiger partial charge in [-0.2, -0.15) is 0 Å². The monoisotopic (exact) mass is 1080 g/mol. The van der Waals surface area contributed by atoms with Crippen LogP contribution in [0.2, 0.25) is 0 Å². The summed E-state index contributed by atoms with van der Waals surface area (Å²) in [6.07, 6.45) is 9.89. The van der Waals surface area contributed by atoms with E-state index in [1.165, 1.54) is 75.1 Å². The summed E-state index contributed by atoms with van der Waals surface area (Å²) >= 11 is 15.0. The molecule has 6 heterocycles. The SMILES string of the molecule is Brc1cnc2[nH]ccc2c1.C.COc1cccc(C(=O)Cl)c1F.COc1cccc(C(=O)c2c[nH]c3ncc(Br)cc23)c1F.O=C(c1cccc(O)c1F)c1c[nH]c2ncc(Br)cc12. The molecule has 0 bridgehead atoms. The number of aromatic nitrogens is 6. The molecule has 0 atom stereocenters. The number of aromatic hydroxyl groups is 1. The van der Waals surface area contributed by atoms with Gasteiger partial charge in [0.15, 0.2) is 46.3 Å². The number of carbonyl (C=O) groups excluding carboxylic acids is 3. The van der Waals surface area contributed by atoms with Gasteiger partial charge < -0.3 is 29.5 Å². The number of carbonyl (C=O) groups is 3. The third kappa shape index (κ3) is 11.1. The van der Waals surface area contributed by atoms with E-state index in [9.17, 15) is 32.7 Å². The lowest BCUT2D eigenvalue weighted by molar-refractivity contribution is 0.102. The van der Waals surface area contributed by atoms with E-state index in [0.29, 0.717) is 33.2 Å². The number of phenolic OH excluding ortho intramolecular Hbond substituents is 1. The second-order valence-corrected chi connectivity index (χ2v) is 15.9. The van der Waals surface area contributed by atoms with E-state index in [0.717, 1.165) is 24.5 Å². The molecule has 6 aromatic heterocycles. The average Bonchev–Trinajstić information content (AvgIpc) is 4.03. The van der Waals surface area contributed by atoms with Crippen molar-refractivity contribution in [2.45, 2.75) is 7.43 Å². The van der Waals surface area contributed by atoms with Crippen molar-refractivity contribution in [2.24, 2.45) is 0 Å². The van der Waals surface area contributed by atoms with Crippen molar-refractivity contribution in [1.29, 1.82) is 0 Å². The van der Waals surface area contributed by atoms with Gasteiger partial charge in [-0.15, -0.1) is 0 Å². The molecule has 4 N–H and O–H groups in total. The summed E-state index contributed by atoms with van der Waals surface area (Å²) in [5, 5.41) is 10.9. The fourth-order valence-corrected chi connectivity index (χ4v) is 7.05. The molecule has 9 aromatic rings. The first-order valence-electron chi connectivity index (χ1n) is 18.0. The molecule has 328 valence electrons. The molecule has 0 fully saturated rings. The first-order chi connectivity index (χ1) is 30.2. The maximum Gasteiger partial charge on any atom is 0.255 e. The Labute approximate surface area is 392 Å². The van der Waals surface area contributed by atoms with Crippen LogP contribution in [0.3, 0.4) is 0 Å². The largest absolute Gasteiger partial charge is 0.505 e. The zero-order chi connectivity index (χ0) is 45.4. The molecule has 0 aliphatic heterocycles. The van der Waals surface area contributed by atoms with E-state index < -0.39 is 40.0 Å². The van der Waals surface area contributed by atoms with E-state index in [1.54, 1.807) is 36.8 Å². The van der Waals surface area contributed by atoms with E-state index >= 15 is 0 Å². The smallest absolute Gasteiger partial charge is 0.255 e. The normalized spacial score (nSPS) is 10.4. The van der Waals surface area contributed by atoms with E-state index in [-0.39, 0.29) is 35.6 Å². The molecule has 3 aromatic carbocycles. The Morgan fingerprint density at radius 1 is 0.594 bits per heavy atom. The highest BCUT2D eigenvalue weighted by atomic mass is 79.9. The number of aromatic amines is 3. The summed E-state index contributed by atoms with van der Waals surface area (Å²) in [4.78, 5) is 56.8. The Bertz CT molecular complexity index is 3140. The zero-order valence-corrected chi connectivity index (χ0v) is 38.0. The maximum absolute atomic E-state index is 14.2. The minimum absolute atomic E-state index is 0. The molecule has 0 spiro atoms. The molecule has 19 heteroatoms. The summed E-state index contributed by atoms with van der Waals surface area (Å²) < 4.78 is 53.2. The van der Waals surface area contributed by atoms with Crippen molar-refractivity contribution in [3.05, 3.63) is 175 Å². The molecular formula is C45H33Br3ClF3N6O6. The van der Waals surface area contributed by atoms with Gasteiger partial charge in [0.1, 0.15) is 16.9 Å². The third-order valence-electron chi connectivity index (χ3n) is 8.90. The number of fused-ring (bicyclic) bond motifs is 3. The number of ether oxygens (including phenoxy) is 2. The second-order valence-electron chi connectivity index (χ2n) is 12.8. The van der Waals surface area contributed by atoms with Gasteiger partial charge in [-0.3, -0.25) is 14.4 Å². The highest BCUT2D eigenvalue weighted by Gasteiger charge is 2.22. The molecule has 9 rings (SSSR count). The number of methoxy groups -OCH3 is 2. The Morgan fingerprint density at radius 3 is 1.53 bits per heavy atom. The highest BCUT2D eigenvalue weighted by molar-refractivity contribution is 9.11. The Morgan fingerprint density at radius 2 is 1.03 bits per heavy atom. The minimum Gasteiger partial charge on any atom is -0.505 e. The molecular weight excluding hydrogens is 1050 g/mol. The molecule has 12 nitrogen and oxygen atoms in total. The average molecular weight is 1090 g/mol. The number of hydrogen-bond donors (Lipinski definition) is 4. The van der Waals surface area contributed by atoms with E-state index in [2.05, 4.69) is 82.4 Å². The lowest BCUT2D eigenvalue weighted by Gasteiger charge is -2.06. The first kappa shape index (κ1) is 48.7. The zero-order valence-electron chi connectivity index (χ0n) is 32.4. The molecule has 64 heavy (non-hydrogen) atoms. The van der Waals surface area contributed by atoms with Crippen molar-refractivity contribution in [2.75, 3.05) is 14.2 Å². The minimum atomic E-state index is -0.921. The lowest BCUT2D eigenvalue weighted by Crippen LogP contribution is -2.05. The van der Waals surface area contributed by atoms with Crippen molar-refractivity contribution in [3.8, 4) is 17.2 Å². The second kappa shape index (κ2) is 21.8. The first-order valence-corrected chi connectivity index (χ1v) is 20.7. The number of benzene rings is 3. The van der Waals surface area contributed by atoms with E-state index in [1.807, 2.05) is 18.3 Å². The van der Waals surface area contributed by atoms with Crippen LogP contribution in [0.25, 0.3) is 33.1 Å². The van der Waals surface area contributed by atoms with Crippen molar-refractivity contribution in [1.82, 2.24) is 29.9 Å². The molecule has 0 unspecified atom stereocenters. The van der Waals surface area contributed by atoms with Gasteiger partial charge in [0.05, 0.1) is 30.9 Å². The summed E-state index contributed by atoms with van der Waals surface area (Å²) in [5.74, 6) is -3.73. The Hall–Kier alpha value is -6.34. The predicted molar refractivity (Wildman–Crippen MR) is 249 cm³/mol. The number of nitrogens with one attached hydrogen (secondary N) is 3. The number of pyridine rings is 3. The van der Waals surface area contributed by atoms with Crippen LogP contribution >= 0.6 is 59.4 Å². The van der Waals surface area contributed by atoms with Crippen LogP contribution in [0.5, 0.6) is 17.2 Å². The molecule has 0 radical (unpaired) electrons. The van der Waals surface area contributed by atoms with Crippen LogP contribution in [0.4, 0.5) is 13.2 Å². The quantitative estimate of drug-likeness (QED) is 0.0894. The van der Waals surface area contributed by atoms with Gasteiger partial charge in [0.2, 0.25) is 0 Å². The number of ketones is 2. The number of H-pyrrole nitrogens is 3. The van der Waals surface area contributed by atoms with Crippen molar-refractivity contribution in [3.63, 3.8) is 0 Å². The third-order valence-corrected chi connectivity index (χ3v) is 10.4. The molecule has 0 aliphatic carbocycles. The van der Waals surface area contributed by atoms with Gasteiger partial charge in [-0.25, -0.2) is 28.1 Å². The molecule has 0 amide bonds. The fourth-order valence-electron chi connectivity index (χ4n) is 5.89. The number of rotatable bonds is 7. The Kier molecular flexibility index (Phi) is 16.6. The van der Waals surface area contributed by atoms with Gasteiger partial charge >= 0.3 is 0 Å². The summed E-state index contributed by atoms with van der Waals surface area (Å²) in [7, 11) is 2.68. The fraction of sp³-hybridized carbons (Fsp3) is 0.0667.